The molecule has 0 atom stereocenters. The van der Waals surface area contributed by atoms with Gasteiger partial charge in [0, 0.05) is 13.1 Å². The third kappa shape index (κ3) is 2.31. The van der Waals surface area contributed by atoms with Gasteiger partial charge in [0.1, 0.15) is 0 Å². The SMILES string of the molecule is CCN1CCc2cc(C(C)=O)c(OC)nc2C1. The first kappa shape index (κ1) is 12.0. The smallest absolute Gasteiger partial charge is 0.224 e. The number of ketones is 1. The Labute approximate surface area is 102 Å². The Morgan fingerprint density at radius 2 is 2.35 bits per heavy atom. The van der Waals surface area contributed by atoms with Gasteiger partial charge in [0.25, 0.3) is 0 Å². The predicted molar refractivity (Wildman–Crippen MR) is 65.4 cm³/mol. The van der Waals surface area contributed by atoms with Crippen LogP contribution in [0.5, 0.6) is 5.88 Å². The van der Waals surface area contributed by atoms with Crippen molar-refractivity contribution in [2.24, 2.45) is 0 Å². The minimum Gasteiger partial charge on any atom is -0.480 e. The largest absolute Gasteiger partial charge is 0.480 e. The zero-order valence-corrected chi connectivity index (χ0v) is 10.6. The Balaban J connectivity index is 2.41. The van der Waals surface area contributed by atoms with Crippen LogP contribution in [0.4, 0.5) is 0 Å². The maximum absolute atomic E-state index is 11.5. The van der Waals surface area contributed by atoms with Crippen molar-refractivity contribution in [2.45, 2.75) is 26.8 Å². The van der Waals surface area contributed by atoms with Gasteiger partial charge >= 0.3 is 0 Å². The van der Waals surface area contributed by atoms with Gasteiger partial charge in [-0.3, -0.25) is 9.69 Å². The monoisotopic (exact) mass is 234 g/mol. The van der Waals surface area contributed by atoms with E-state index in [0.29, 0.717) is 11.4 Å². The third-order valence-corrected chi connectivity index (χ3v) is 3.25. The summed E-state index contributed by atoms with van der Waals surface area (Å²) in [6, 6.07) is 1.94. The van der Waals surface area contributed by atoms with E-state index >= 15 is 0 Å². The molecule has 0 N–H and O–H groups in total. The second-order valence-electron chi connectivity index (χ2n) is 4.33. The summed E-state index contributed by atoms with van der Waals surface area (Å²) in [5.74, 6) is 0.462. The number of ether oxygens (including phenoxy) is 1. The van der Waals surface area contributed by atoms with Crippen LogP contribution in [0, 0.1) is 0 Å². The minimum absolute atomic E-state index is 0.00933. The summed E-state index contributed by atoms with van der Waals surface area (Å²) in [5.41, 5.74) is 2.82. The maximum Gasteiger partial charge on any atom is 0.224 e. The highest BCUT2D eigenvalue weighted by Crippen LogP contribution is 2.24. The van der Waals surface area contributed by atoms with E-state index in [1.807, 2.05) is 6.07 Å². The quantitative estimate of drug-likeness (QED) is 0.746. The summed E-state index contributed by atoms with van der Waals surface area (Å²) < 4.78 is 5.19. The van der Waals surface area contributed by atoms with E-state index in [4.69, 9.17) is 4.74 Å². The normalized spacial score (nSPS) is 15.5. The molecule has 2 rings (SSSR count). The van der Waals surface area contributed by atoms with Gasteiger partial charge in [0.2, 0.25) is 5.88 Å². The molecule has 0 radical (unpaired) electrons. The molecule has 92 valence electrons. The number of carbonyl (C=O) groups excluding carboxylic acids is 1. The van der Waals surface area contributed by atoms with Crippen LogP contribution in [0.2, 0.25) is 0 Å². The van der Waals surface area contributed by atoms with E-state index in [0.717, 1.165) is 31.7 Å². The van der Waals surface area contributed by atoms with Gasteiger partial charge in [-0.2, -0.15) is 0 Å². The molecule has 0 spiro atoms. The topological polar surface area (TPSA) is 42.4 Å². The molecule has 0 aromatic carbocycles. The molecule has 1 aliphatic rings. The van der Waals surface area contributed by atoms with Crippen molar-refractivity contribution in [3.05, 3.63) is 22.9 Å². The van der Waals surface area contributed by atoms with Crippen molar-refractivity contribution in [1.82, 2.24) is 9.88 Å². The zero-order chi connectivity index (χ0) is 12.4. The summed E-state index contributed by atoms with van der Waals surface area (Å²) in [7, 11) is 1.56. The number of likely N-dealkylation sites (N-methyl/N-ethyl adjacent to an activating group) is 1. The first-order chi connectivity index (χ1) is 8.15. The minimum atomic E-state index is 0.00933. The van der Waals surface area contributed by atoms with Crippen LogP contribution in [0.15, 0.2) is 6.07 Å². The summed E-state index contributed by atoms with van der Waals surface area (Å²) in [6.07, 6.45) is 0.959. The Morgan fingerprint density at radius 1 is 1.59 bits per heavy atom. The zero-order valence-electron chi connectivity index (χ0n) is 10.6. The van der Waals surface area contributed by atoms with Gasteiger partial charge in [-0.25, -0.2) is 4.98 Å². The maximum atomic E-state index is 11.5. The molecule has 2 heterocycles. The molecular weight excluding hydrogens is 216 g/mol. The number of rotatable bonds is 3. The Hall–Kier alpha value is -1.42. The second-order valence-corrected chi connectivity index (χ2v) is 4.33. The van der Waals surface area contributed by atoms with E-state index in [2.05, 4.69) is 16.8 Å². The highest BCUT2D eigenvalue weighted by Gasteiger charge is 2.20. The summed E-state index contributed by atoms with van der Waals surface area (Å²) >= 11 is 0. The molecule has 4 heteroatoms. The van der Waals surface area contributed by atoms with Gasteiger partial charge < -0.3 is 4.74 Å². The summed E-state index contributed by atoms with van der Waals surface area (Å²) in [5, 5.41) is 0. The molecule has 4 nitrogen and oxygen atoms in total. The highest BCUT2D eigenvalue weighted by molar-refractivity contribution is 5.96. The number of fused-ring (bicyclic) bond motifs is 1. The Kier molecular flexibility index (Phi) is 3.43. The van der Waals surface area contributed by atoms with E-state index in [1.165, 1.54) is 5.56 Å². The van der Waals surface area contributed by atoms with Crippen LogP contribution in [0.1, 0.15) is 35.5 Å². The van der Waals surface area contributed by atoms with Crippen molar-refractivity contribution in [3.8, 4) is 5.88 Å². The Bertz CT molecular complexity index is 443. The number of pyridine rings is 1. The fourth-order valence-electron chi connectivity index (χ4n) is 2.17. The molecule has 0 saturated carbocycles. The van der Waals surface area contributed by atoms with E-state index < -0.39 is 0 Å². The number of carbonyl (C=O) groups is 1. The van der Waals surface area contributed by atoms with Gasteiger partial charge in [-0.1, -0.05) is 6.92 Å². The van der Waals surface area contributed by atoms with E-state index in [1.54, 1.807) is 14.0 Å². The van der Waals surface area contributed by atoms with Gasteiger partial charge in [-0.15, -0.1) is 0 Å². The molecule has 0 saturated heterocycles. The lowest BCUT2D eigenvalue weighted by atomic mass is 10.0. The lowest BCUT2D eigenvalue weighted by Crippen LogP contribution is -2.31. The predicted octanol–water partition coefficient (Wildman–Crippen LogP) is 1.67. The van der Waals surface area contributed by atoms with Gasteiger partial charge in [0.05, 0.1) is 18.4 Å². The average molecular weight is 234 g/mol. The van der Waals surface area contributed by atoms with Crippen molar-refractivity contribution >= 4 is 5.78 Å². The van der Waals surface area contributed by atoms with E-state index in [9.17, 15) is 4.79 Å². The lowest BCUT2D eigenvalue weighted by molar-refractivity contribution is 0.101. The van der Waals surface area contributed by atoms with Crippen molar-refractivity contribution in [2.75, 3.05) is 20.2 Å². The van der Waals surface area contributed by atoms with Crippen LogP contribution >= 0.6 is 0 Å². The van der Waals surface area contributed by atoms with Crippen molar-refractivity contribution in [3.63, 3.8) is 0 Å². The highest BCUT2D eigenvalue weighted by atomic mass is 16.5. The first-order valence-corrected chi connectivity index (χ1v) is 5.95. The van der Waals surface area contributed by atoms with Crippen LogP contribution < -0.4 is 4.74 Å². The Morgan fingerprint density at radius 3 is 2.94 bits per heavy atom. The average Bonchev–Trinajstić information content (AvgIpc) is 2.36. The number of aromatic nitrogens is 1. The van der Waals surface area contributed by atoms with Gasteiger partial charge in [-0.05, 0) is 31.5 Å². The van der Waals surface area contributed by atoms with Gasteiger partial charge in [0.15, 0.2) is 5.78 Å². The van der Waals surface area contributed by atoms with Crippen LogP contribution in [0.25, 0.3) is 0 Å². The molecule has 0 aliphatic carbocycles. The van der Waals surface area contributed by atoms with Crippen LogP contribution in [0.3, 0.4) is 0 Å². The number of hydrogen-bond acceptors (Lipinski definition) is 4. The molecule has 1 aromatic heterocycles. The molecule has 0 amide bonds. The summed E-state index contributed by atoms with van der Waals surface area (Å²) in [6.45, 7) is 6.60. The number of Topliss-reactive ketones (excluding diaryl/α,β-unsaturated/α-hetero) is 1. The van der Waals surface area contributed by atoms with E-state index in [-0.39, 0.29) is 5.78 Å². The number of methoxy groups -OCH3 is 1. The molecule has 0 bridgehead atoms. The fraction of sp³-hybridized carbons (Fsp3) is 0.538. The lowest BCUT2D eigenvalue weighted by Gasteiger charge is -2.27. The first-order valence-electron chi connectivity index (χ1n) is 5.95. The fourth-order valence-corrected chi connectivity index (χ4v) is 2.17. The number of hydrogen-bond donors (Lipinski definition) is 0. The molecular formula is C13H18N2O2. The molecule has 17 heavy (non-hydrogen) atoms. The molecule has 1 aromatic rings. The van der Waals surface area contributed by atoms with Crippen molar-refractivity contribution < 1.29 is 9.53 Å². The van der Waals surface area contributed by atoms with Crippen LogP contribution in [-0.2, 0) is 13.0 Å². The second kappa shape index (κ2) is 4.84. The molecule has 0 unspecified atom stereocenters. The molecule has 0 fully saturated rings. The van der Waals surface area contributed by atoms with Crippen molar-refractivity contribution in [1.29, 1.82) is 0 Å². The third-order valence-electron chi connectivity index (χ3n) is 3.25. The van der Waals surface area contributed by atoms with Crippen LogP contribution in [-0.4, -0.2) is 35.9 Å². The standard InChI is InChI=1S/C13H18N2O2/c1-4-15-6-5-10-7-11(9(2)16)13(17-3)14-12(10)8-15/h7H,4-6,8H2,1-3H3. The summed E-state index contributed by atoms with van der Waals surface area (Å²) in [4.78, 5) is 18.3. The number of nitrogens with zero attached hydrogens (tertiary/aromatic N) is 2. The molecule has 1 aliphatic heterocycles.